The molecule has 1 N–H and O–H groups in total. The van der Waals surface area contributed by atoms with Crippen LogP contribution in [0.4, 0.5) is 5.69 Å². The number of aryl methyl sites for hydroxylation is 2. The van der Waals surface area contributed by atoms with Gasteiger partial charge in [-0.15, -0.1) is 0 Å². The van der Waals surface area contributed by atoms with E-state index in [0.29, 0.717) is 0 Å². The zero-order chi connectivity index (χ0) is 16.2. The van der Waals surface area contributed by atoms with Crippen LogP contribution >= 0.6 is 0 Å². The molecule has 23 heavy (non-hydrogen) atoms. The summed E-state index contributed by atoms with van der Waals surface area (Å²) in [6.45, 7) is 4.67. The number of aromatic nitrogens is 3. The normalized spacial score (nSPS) is 16.4. The van der Waals surface area contributed by atoms with Gasteiger partial charge in [-0.1, -0.05) is 0 Å². The molecule has 0 radical (unpaired) electrons. The molecular formula is C17H23N5O. The standard InChI is InChI=1S/C17H23N5O/c1-13-9-15(11-18-10-13)20-17(23)14-3-6-22(7-4-14)12-16-19-5-8-21(16)2/h5,8-11,14H,3-4,6-7,12H2,1-2H3,(H,20,23). The van der Waals surface area contributed by atoms with E-state index < -0.39 is 0 Å². The van der Waals surface area contributed by atoms with E-state index in [9.17, 15) is 4.79 Å². The van der Waals surface area contributed by atoms with E-state index in [2.05, 4.69) is 20.2 Å². The predicted molar refractivity (Wildman–Crippen MR) is 88.8 cm³/mol. The van der Waals surface area contributed by atoms with Crippen molar-refractivity contribution in [3.8, 4) is 0 Å². The maximum atomic E-state index is 12.4. The Morgan fingerprint density at radius 2 is 2.13 bits per heavy atom. The van der Waals surface area contributed by atoms with Crippen LogP contribution in [0.25, 0.3) is 0 Å². The Morgan fingerprint density at radius 3 is 2.78 bits per heavy atom. The maximum absolute atomic E-state index is 12.4. The van der Waals surface area contributed by atoms with Gasteiger partial charge in [-0.3, -0.25) is 14.7 Å². The molecule has 6 heteroatoms. The van der Waals surface area contributed by atoms with Crippen molar-refractivity contribution in [1.82, 2.24) is 19.4 Å². The van der Waals surface area contributed by atoms with E-state index in [1.165, 1.54) is 0 Å². The first-order valence-electron chi connectivity index (χ1n) is 8.03. The Hall–Kier alpha value is -2.21. The third kappa shape index (κ3) is 3.96. The van der Waals surface area contributed by atoms with E-state index in [1.54, 1.807) is 12.4 Å². The summed E-state index contributed by atoms with van der Waals surface area (Å²) >= 11 is 0. The van der Waals surface area contributed by atoms with Gasteiger partial charge in [-0.05, 0) is 44.5 Å². The zero-order valence-electron chi connectivity index (χ0n) is 13.7. The predicted octanol–water partition coefficient (Wildman–Crippen LogP) is 1.97. The van der Waals surface area contributed by atoms with Crippen LogP contribution in [0.1, 0.15) is 24.2 Å². The van der Waals surface area contributed by atoms with Gasteiger partial charge < -0.3 is 9.88 Å². The van der Waals surface area contributed by atoms with Crippen LogP contribution in [0, 0.1) is 12.8 Å². The molecule has 1 aliphatic heterocycles. The number of pyridine rings is 1. The SMILES string of the molecule is Cc1cncc(NC(=O)C2CCN(Cc3nccn3C)CC2)c1. The molecule has 122 valence electrons. The van der Waals surface area contributed by atoms with Crippen LogP contribution in [0.5, 0.6) is 0 Å². The van der Waals surface area contributed by atoms with E-state index >= 15 is 0 Å². The summed E-state index contributed by atoms with van der Waals surface area (Å²) in [7, 11) is 2.01. The number of anilines is 1. The van der Waals surface area contributed by atoms with Crippen LogP contribution in [0.3, 0.4) is 0 Å². The molecule has 2 aromatic rings. The lowest BCUT2D eigenvalue weighted by molar-refractivity contribution is -0.121. The minimum absolute atomic E-state index is 0.0770. The summed E-state index contributed by atoms with van der Waals surface area (Å²) in [5, 5.41) is 2.99. The minimum atomic E-state index is 0.0770. The molecule has 1 fully saturated rings. The summed E-state index contributed by atoms with van der Waals surface area (Å²) in [5.74, 6) is 1.25. The second-order valence-electron chi connectivity index (χ2n) is 6.25. The molecule has 0 saturated carbocycles. The van der Waals surface area contributed by atoms with Gasteiger partial charge in [0, 0.05) is 31.6 Å². The largest absolute Gasteiger partial charge is 0.337 e. The van der Waals surface area contributed by atoms with E-state index in [-0.39, 0.29) is 11.8 Å². The highest BCUT2D eigenvalue weighted by molar-refractivity contribution is 5.92. The fourth-order valence-corrected chi connectivity index (χ4v) is 2.97. The number of carbonyl (C=O) groups is 1. The van der Waals surface area contributed by atoms with Gasteiger partial charge in [0.15, 0.2) is 0 Å². The van der Waals surface area contributed by atoms with E-state index in [1.807, 2.05) is 37.0 Å². The maximum Gasteiger partial charge on any atom is 0.227 e. The number of nitrogens with one attached hydrogen (secondary N) is 1. The van der Waals surface area contributed by atoms with Crippen molar-refractivity contribution < 1.29 is 4.79 Å². The fourth-order valence-electron chi connectivity index (χ4n) is 2.97. The van der Waals surface area contributed by atoms with Crippen molar-refractivity contribution >= 4 is 11.6 Å². The number of imidazole rings is 1. The Bertz CT molecular complexity index is 673. The van der Waals surface area contributed by atoms with Crippen molar-refractivity contribution in [2.24, 2.45) is 13.0 Å². The molecule has 1 saturated heterocycles. The molecule has 0 unspecified atom stereocenters. The van der Waals surface area contributed by atoms with Gasteiger partial charge in [-0.25, -0.2) is 4.98 Å². The lowest BCUT2D eigenvalue weighted by atomic mass is 9.96. The number of rotatable bonds is 4. The number of amides is 1. The van der Waals surface area contributed by atoms with Crippen molar-refractivity contribution in [2.45, 2.75) is 26.3 Å². The molecule has 0 aromatic carbocycles. The number of hydrogen-bond donors (Lipinski definition) is 1. The molecule has 3 heterocycles. The van der Waals surface area contributed by atoms with Crippen molar-refractivity contribution in [2.75, 3.05) is 18.4 Å². The lowest BCUT2D eigenvalue weighted by Gasteiger charge is -2.30. The van der Waals surface area contributed by atoms with Gasteiger partial charge in [0.1, 0.15) is 5.82 Å². The van der Waals surface area contributed by atoms with Gasteiger partial charge in [0.2, 0.25) is 5.91 Å². The second-order valence-corrected chi connectivity index (χ2v) is 6.25. The Kier molecular flexibility index (Phi) is 4.71. The first kappa shape index (κ1) is 15.7. The summed E-state index contributed by atoms with van der Waals surface area (Å²) in [6, 6.07) is 1.95. The number of piperidine rings is 1. The van der Waals surface area contributed by atoms with Crippen LogP contribution in [-0.4, -0.2) is 38.4 Å². The average molecular weight is 313 g/mol. The van der Waals surface area contributed by atoms with Crippen LogP contribution in [0.2, 0.25) is 0 Å². The van der Waals surface area contributed by atoms with Crippen molar-refractivity contribution in [1.29, 1.82) is 0 Å². The molecule has 3 rings (SSSR count). The van der Waals surface area contributed by atoms with Crippen molar-refractivity contribution in [3.63, 3.8) is 0 Å². The summed E-state index contributed by atoms with van der Waals surface area (Å²) in [6.07, 6.45) is 9.04. The Morgan fingerprint density at radius 1 is 1.35 bits per heavy atom. The number of nitrogens with zero attached hydrogens (tertiary/aromatic N) is 4. The van der Waals surface area contributed by atoms with E-state index in [4.69, 9.17) is 0 Å². The number of hydrogen-bond acceptors (Lipinski definition) is 4. The monoisotopic (exact) mass is 313 g/mol. The molecule has 1 aliphatic rings. The molecule has 0 aliphatic carbocycles. The summed E-state index contributed by atoms with van der Waals surface area (Å²) in [4.78, 5) is 23.2. The Balaban J connectivity index is 1.50. The van der Waals surface area contributed by atoms with Gasteiger partial charge in [0.25, 0.3) is 0 Å². The van der Waals surface area contributed by atoms with Gasteiger partial charge in [0.05, 0.1) is 18.4 Å². The Labute approximate surface area is 136 Å². The average Bonchev–Trinajstić information content (AvgIpc) is 2.93. The minimum Gasteiger partial charge on any atom is -0.337 e. The second kappa shape index (κ2) is 6.91. The van der Waals surface area contributed by atoms with Crippen molar-refractivity contribution in [3.05, 3.63) is 42.2 Å². The van der Waals surface area contributed by atoms with Crippen LogP contribution in [0.15, 0.2) is 30.9 Å². The third-order valence-electron chi connectivity index (χ3n) is 4.39. The van der Waals surface area contributed by atoms with Gasteiger partial charge >= 0.3 is 0 Å². The van der Waals surface area contributed by atoms with Crippen LogP contribution < -0.4 is 5.32 Å². The lowest BCUT2D eigenvalue weighted by Crippen LogP contribution is -2.38. The van der Waals surface area contributed by atoms with Gasteiger partial charge in [-0.2, -0.15) is 0 Å². The quantitative estimate of drug-likeness (QED) is 0.937. The molecule has 2 aromatic heterocycles. The number of likely N-dealkylation sites (tertiary alicyclic amines) is 1. The first-order chi connectivity index (χ1) is 11.1. The molecular weight excluding hydrogens is 290 g/mol. The summed E-state index contributed by atoms with van der Waals surface area (Å²) in [5.41, 5.74) is 1.83. The topological polar surface area (TPSA) is 63.1 Å². The smallest absolute Gasteiger partial charge is 0.227 e. The molecule has 1 amide bonds. The molecule has 0 spiro atoms. The first-order valence-corrected chi connectivity index (χ1v) is 8.03. The molecule has 0 bridgehead atoms. The molecule has 6 nitrogen and oxygen atoms in total. The highest BCUT2D eigenvalue weighted by atomic mass is 16.1. The number of carbonyl (C=O) groups excluding carboxylic acids is 1. The zero-order valence-corrected chi connectivity index (χ0v) is 13.7. The van der Waals surface area contributed by atoms with E-state index in [0.717, 1.165) is 49.6 Å². The third-order valence-corrected chi connectivity index (χ3v) is 4.39. The molecule has 0 atom stereocenters. The highest BCUT2D eigenvalue weighted by Gasteiger charge is 2.25. The highest BCUT2D eigenvalue weighted by Crippen LogP contribution is 2.20. The fraction of sp³-hybridized carbons (Fsp3) is 0.471. The van der Waals surface area contributed by atoms with Crippen LogP contribution in [-0.2, 0) is 18.4 Å². The summed E-state index contributed by atoms with van der Waals surface area (Å²) < 4.78 is 2.05.